The highest BCUT2D eigenvalue weighted by Crippen LogP contribution is 2.46. The molecule has 0 spiro atoms. The number of carboxylic acid groups (broad SMARTS) is 1. The van der Waals surface area contributed by atoms with Crippen LogP contribution in [0.3, 0.4) is 0 Å². The molecule has 2 bridgehead atoms. The maximum Gasteiger partial charge on any atom is 0.310 e. The SMILES string of the molecule is O=C(O)C12CCN(CC1)CC2Cc1ccccc1Cl. The van der Waals surface area contributed by atoms with Crippen LogP contribution in [0.15, 0.2) is 24.3 Å². The zero-order valence-electron chi connectivity index (χ0n) is 10.8. The Morgan fingerprint density at radius 3 is 2.68 bits per heavy atom. The molecule has 1 unspecified atom stereocenters. The summed E-state index contributed by atoms with van der Waals surface area (Å²) in [6, 6.07) is 7.77. The second-order valence-corrected chi connectivity index (χ2v) is 6.16. The molecule has 1 N–H and O–H groups in total. The Kier molecular flexibility index (Phi) is 3.27. The Labute approximate surface area is 118 Å². The number of rotatable bonds is 3. The van der Waals surface area contributed by atoms with Gasteiger partial charge in [0.2, 0.25) is 0 Å². The summed E-state index contributed by atoms with van der Waals surface area (Å²) in [6.07, 6.45) is 2.32. The molecule has 102 valence electrons. The fraction of sp³-hybridized carbons (Fsp3) is 0.533. The molecule has 3 aliphatic heterocycles. The van der Waals surface area contributed by atoms with Crippen molar-refractivity contribution in [3.05, 3.63) is 34.9 Å². The van der Waals surface area contributed by atoms with Gasteiger partial charge in [0.25, 0.3) is 0 Å². The van der Waals surface area contributed by atoms with Gasteiger partial charge in [-0.1, -0.05) is 29.8 Å². The molecule has 4 rings (SSSR count). The van der Waals surface area contributed by atoms with Gasteiger partial charge in [-0.2, -0.15) is 0 Å². The van der Waals surface area contributed by atoms with Crippen molar-refractivity contribution in [3.8, 4) is 0 Å². The average Bonchev–Trinajstić information content (AvgIpc) is 2.42. The van der Waals surface area contributed by atoms with Crippen molar-refractivity contribution in [2.45, 2.75) is 19.3 Å². The summed E-state index contributed by atoms with van der Waals surface area (Å²) >= 11 is 6.21. The summed E-state index contributed by atoms with van der Waals surface area (Å²) in [5, 5.41) is 10.4. The van der Waals surface area contributed by atoms with Crippen LogP contribution in [0.5, 0.6) is 0 Å². The second-order valence-electron chi connectivity index (χ2n) is 5.75. The Hall–Kier alpha value is -1.06. The van der Waals surface area contributed by atoms with Crippen LogP contribution < -0.4 is 0 Å². The molecular formula is C15H18ClNO2. The van der Waals surface area contributed by atoms with Crippen LogP contribution in [0, 0.1) is 11.3 Å². The lowest BCUT2D eigenvalue weighted by Crippen LogP contribution is -2.58. The van der Waals surface area contributed by atoms with E-state index in [0.717, 1.165) is 49.5 Å². The Morgan fingerprint density at radius 2 is 2.05 bits per heavy atom. The molecule has 3 aliphatic rings. The van der Waals surface area contributed by atoms with Gasteiger partial charge in [0.05, 0.1) is 5.41 Å². The van der Waals surface area contributed by atoms with Gasteiger partial charge in [0, 0.05) is 11.6 Å². The lowest BCUT2D eigenvalue weighted by Gasteiger charge is -2.51. The molecule has 3 saturated heterocycles. The van der Waals surface area contributed by atoms with E-state index in [0.29, 0.717) is 0 Å². The van der Waals surface area contributed by atoms with Crippen LogP contribution in [0.4, 0.5) is 0 Å². The van der Waals surface area contributed by atoms with Gasteiger partial charge in [-0.3, -0.25) is 4.79 Å². The van der Waals surface area contributed by atoms with E-state index in [4.69, 9.17) is 11.6 Å². The monoisotopic (exact) mass is 279 g/mol. The fourth-order valence-electron chi connectivity index (χ4n) is 3.61. The van der Waals surface area contributed by atoms with Crippen molar-refractivity contribution in [2.75, 3.05) is 19.6 Å². The van der Waals surface area contributed by atoms with Crippen LogP contribution in [0.25, 0.3) is 0 Å². The maximum absolute atomic E-state index is 11.8. The molecule has 3 nitrogen and oxygen atoms in total. The second kappa shape index (κ2) is 4.80. The average molecular weight is 280 g/mol. The number of hydrogen-bond donors (Lipinski definition) is 1. The summed E-state index contributed by atoms with van der Waals surface area (Å²) in [4.78, 5) is 14.1. The van der Waals surface area contributed by atoms with Crippen molar-refractivity contribution < 1.29 is 9.90 Å². The summed E-state index contributed by atoms with van der Waals surface area (Å²) in [7, 11) is 0. The lowest BCUT2D eigenvalue weighted by molar-refractivity contribution is -0.163. The molecule has 19 heavy (non-hydrogen) atoms. The first-order valence-corrected chi connectivity index (χ1v) is 7.19. The van der Waals surface area contributed by atoms with Crippen LogP contribution >= 0.6 is 11.6 Å². The van der Waals surface area contributed by atoms with Crippen molar-refractivity contribution in [1.29, 1.82) is 0 Å². The Balaban J connectivity index is 1.87. The summed E-state index contributed by atoms with van der Waals surface area (Å²) < 4.78 is 0. The minimum atomic E-state index is -0.621. The minimum absolute atomic E-state index is 0.174. The van der Waals surface area contributed by atoms with Gasteiger partial charge < -0.3 is 10.0 Å². The summed E-state index contributed by atoms with van der Waals surface area (Å²) in [6.45, 7) is 2.73. The molecule has 1 aromatic rings. The normalized spacial score (nSPS) is 33.3. The van der Waals surface area contributed by atoms with Crippen molar-refractivity contribution in [1.82, 2.24) is 4.90 Å². The van der Waals surface area contributed by atoms with Gasteiger partial charge in [0.15, 0.2) is 0 Å². The smallest absolute Gasteiger partial charge is 0.310 e. The topological polar surface area (TPSA) is 40.5 Å². The Bertz CT molecular complexity index is 495. The van der Waals surface area contributed by atoms with Crippen molar-refractivity contribution in [3.63, 3.8) is 0 Å². The molecule has 0 aromatic heterocycles. The molecule has 0 saturated carbocycles. The van der Waals surface area contributed by atoms with E-state index in [-0.39, 0.29) is 5.92 Å². The quantitative estimate of drug-likeness (QED) is 0.925. The van der Waals surface area contributed by atoms with Crippen molar-refractivity contribution in [2.24, 2.45) is 11.3 Å². The number of piperidine rings is 3. The number of benzene rings is 1. The highest BCUT2D eigenvalue weighted by molar-refractivity contribution is 6.31. The van der Waals surface area contributed by atoms with Gasteiger partial charge >= 0.3 is 5.97 Å². The summed E-state index contributed by atoms with van der Waals surface area (Å²) in [5.41, 5.74) is 0.539. The van der Waals surface area contributed by atoms with Gasteiger partial charge in [0.1, 0.15) is 0 Å². The summed E-state index contributed by atoms with van der Waals surface area (Å²) in [5.74, 6) is -0.448. The van der Waals surface area contributed by atoms with Crippen LogP contribution in [0.2, 0.25) is 5.02 Å². The number of hydrogen-bond acceptors (Lipinski definition) is 2. The van der Waals surface area contributed by atoms with Crippen molar-refractivity contribution >= 4 is 17.6 Å². The van der Waals surface area contributed by atoms with E-state index in [9.17, 15) is 9.90 Å². The van der Waals surface area contributed by atoms with E-state index in [1.807, 2.05) is 24.3 Å². The molecule has 0 radical (unpaired) electrons. The standard InChI is InChI=1S/C15H18ClNO2/c16-13-4-2-1-3-11(13)9-12-10-17-7-5-15(12,6-8-17)14(18)19/h1-4,12H,5-10H2,(H,18,19). The number of halogens is 1. The number of carbonyl (C=O) groups is 1. The third-order valence-corrected chi connectivity index (χ3v) is 5.23. The molecule has 0 aliphatic carbocycles. The lowest BCUT2D eigenvalue weighted by atomic mass is 9.63. The van der Waals surface area contributed by atoms with E-state index in [1.54, 1.807) is 0 Å². The van der Waals surface area contributed by atoms with Crippen LogP contribution in [-0.2, 0) is 11.2 Å². The first-order valence-electron chi connectivity index (χ1n) is 6.81. The van der Waals surface area contributed by atoms with Gasteiger partial charge in [-0.05, 0) is 49.9 Å². The third kappa shape index (κ3) is 2.15. The molecule has 1 aromatic carbocycles. The van der Waals surface area contributed by atoms with E-state index >= 15 is 0 Å². The predicted molar refractivity (Wildman–Crippen MR) is 74.4 cm³/mol. The minimum Gasteiger partial charge on any atom is -0.481 e. The largest absolute Gasteiger partial charge is 0.481 e. The Morgan fingerprint density at radius 1 is 1.37 bits per heavy atom. The number of aliphatic carboxylic acids is 1. The molecule has 0 amide bonds. The first kappa shape index (κ1) is 12.9. The number of fused-ring (bicyclic) bond motifs is 3. The van der Waals surface area contributed by atoms with Crippen LogP contribution in [0.1, 0.15) is 18.4 Å². The first-order chi connectivity index (χ1) is 9.12. The highest BCUT2D eigenvalue weighted by atomic mass is 35.5. The zero-order valence-corrected chi connectivity index (χ0v) is 11.6. The maximum atomic E-state index is 11.8. The van der Waals surface area contributed by atoms with Crippen LogP contribution in [-0.4, -0.2) is 35.6 Å². The van der Waals surface area contributed by atoms with E-state index in [1.165, 1.54) is 0 Å². The molecule has 1 atom stereocenters. The van der Waals surface area contributed by atoms with E-state index in [2.05, 4.69) is 4.90 Å². The third-order valence-electron chi connectivity index (χ3n) is 4.86. The van der Waals surface area contributed by atoms with E-state index < -0.39 is 11.4 Å². The van der Waals surface area contributed by atoms with Gasteiger partial charge in [-0.15, -0.1) is 0 Å². The highest BCUT2D eigenvalue weighted by Gasteiger charge is 2.52. The molecular weight excluding hydrogens is 262 g/mol. The fourth-order valence-corrected chi connectivity index (χ4v) is 3.82. The molecule has 4 heteroatoms. The molecule has 3 fully saturated rings. The molecule has 3 heterocycles. The number of carboxylic acids is 1. The zero-order chi connectivity index (χ0) is 13.5. The van der Waals surface area contributed by atoms with Gasteiger partial charge in [-0.25, -0.2) is 0 Å². The predicted octanol–water partition coefficient (Wildman–Crippen LogP) is 2.68. The number of nitrogens with zero attached hydrogens (tertiary/aromatic N) is 1.